The molecule has 0 N–H and O–H groups in total. The second kappa shape index (κ2) is 16.3. The molecule has 0 amide bonds. The SMILES string of the molecule is CCCCCCCCCCCCOc1ccc(C(=O)Oc2ccc(N=Nc3cccc(F)c3)c(C)c2)cc1. The van der Waals surface area contributed by atoms with Crippen LogP contribution in [-0.2, 0) is 0 Å². The van der Waals surface area contributed by atoms with Crippen LogP contribution in [0.15, 0.2) is 77.0 Å². The van der Waals surface area contributed by atoms with Gasteiger partial charge in [-0.15, -0.1) is 0 Å². The monoisotopic (exact) mass is 518 g/mol. The van der Waals surface area contributed by atoms with Crippen LogP contribution in [0.25, 0.3) is 0 Å². The van der Waals surface area contributed by atoms with E-state index in [1.807, 2.05) is 6.92 Å². The van der Waals surface area contributed by atoms with E-state index in [1.165, 1.54) is 69.9 Å². The zero-order valence-electron chi connectivity index (χ0n) is 22.6. The molecule has 5 nitrogen and oxygen atoms in total. The first-order valence-electron chi connectivity index (χ1n) is 13.8. The van der Waals surface area contributed by atoms with Crippen molar-refractivity contribution in [1.82, 2.24) is 0 Å². The van der Waals surface area contributed by atoms with Gasteiger partial charge >= 0.3 is 5.97 Å². The lowest BCUT2D eigenvalue weighted by Crippen LogP contribution is -2.08. The molecule has 0 radical (unpaired) electrons. The van der Waals surface area contributed by atoms with Gasteiger partial charge in [0.15, 0.2) is 0 Å². The number of aryl methyl sites for hydroxylation is 1. The smallest absolute Gasteiger partial charge is 0.343 e. The Morgan fingerprint density at radius 2 is 1.42 bits per heavy atom. The van der Waals surface area contributed by atoms with Crippen LogP contribution in [0.3, 0.4) is 0 Å². The van der Waals surface area contributed by atoms with Crippen LogP contribution < -0.4 is 9.47 Å². The summed E-state index contributed by atoms with van der Waals surface area (Å²) in [5, 5.41) is 8.23. The minimum atomic E-state index is -0.445. The number of halogens is 1. The highest BCUT2D eigenvalue weighted by atomic mass is 19.1. The highest BCUT2D eigenvalue weighted by molar-refractivity contribution is 5.91. The first-order valence-corrected chi connectivity index (χ1v) is 13.8. The van der Waals surface area contributed by atoms with E-state index < -0.39 is 5.97 Å². The standard InChI is InChI=1S/C32H39FN2O3/c1-3-4-5-6-7-8-9-10-11-12-22-37-29-18-16-26(17-19-29)32(36)38-30-20-21-31(25(2)23-30)35-34-28-15-13-14-27(33)24-28/h13-21,23-24H,3-12,22H2,1-2H3. The summed E-state index contributed by atoms with van der Waals surface area (Å²) in [6, 6.07) is 18.0. The van der Waals surface area contributed by atoms with Crippen molar-refractivity contribution in [2.24, 2.45) is 10.2 Å². The van der Waals surface area contributed by atoms with Gasteiger partial charge in [0.2, 0.25) is 0 Å². The van der Waals surface area contributed by atoms with Gasteiger partial charge in [-0.2, -0.15) is 10.2 Å². The maximum atomic E-state index is 13.3. The third-order valence-corrected chi connectivity index (χ3v) is 6.32. The molecule has 3 aromatic rings. The summed E-state index contributed by atoms with van der Waals surface area (Å²) in [7, 11) is 0. The molecule has 3 rings (SSSR count). The molecule has 0 unspecified atom stereocenters. The largest absolute Gasteiger partial charge is 0.494 e. The molecule has 0 bridgehead atoms. The molecule has 0 saturated carbocycles. The summed E-state index contributed by atoms with van der Waals surface area (Å²) in [6.45, 7) is 4.78. The van der Waals surface area contributed by atoms with Gasteiger partial charge in [-0.1, -0.05) is 70.8 Å². The van der Waals surface area contributed by atoms with Gasteiger partial charge in [0, 0.05) is 6.07 Å². The summed E-state index contributed by atoms with van der Waals surface area (Å²) >= 11 is 0. The normalized spacial score (nSPS) is 11.1. The molecule has 0 atom stereocenters. The summed E-state index contributed by atoms with van der Waals surface area (Å²) in [4.78, 5) is 12.6. The van der Waals surface area contributed by atoms with Crippen molar-refractivity contribution < 1.29 is 18.7 Å². The third-order valence-electron chi connectivity index (χ3n) is 6.32. The lowest BCUT2D eigenvalue weighted by Gasteiger charge is -2.08. The number of nitrogens with zero attached hydrogens (tertiary/aromatic N) is 2. The third kappa shape index (κ3) is 10.4. The molecule has 0 fully saturated rings. The Balaban J connectivity index is 1.37. The highest BCUT2D eigenvalue weighted by Gasteiger charge is 2.10. The number of azo groups is 1. The molecule has 0 heterocycles. The minimum absolute atomic E-state index is 0.367. The fourth-order valence-electron chi connectivity index (χ4n) is 4.09. The van der Waals surface area contributed by atoms with Gasteiger partial charge in [0.05, 0.1) is 23.5 Å². The second-order valence-electron chi connectivity index (χ2n) is 9.57. The van der Waals surface area contributed by atoms with Gasteiger partial charge < -0.3 is 9.47 Å². The fourth-order valence-corrected chi connectivity index (χ4v) is 4.09. The maximum Gasteiger partial charge on any atom is 0.343 e. The van der Waals surface area contributed by atoms with Crippen LogP contribution in [0, 0.1) is 12.7 Å². The molecule has 202 valence electrons. The van der Waals surface area contributed by atoms with Crippen molar-refractivity contribution >= 4 is 17.3 Å². The van der Waals surface area contributed by atoms with Gasteiger partial charge in [0.1, 0.15) is 17.3 Å². The van der Waals surface area contributed by atoms with Crippen LogP contribution in [0.4, 0.5) is 15.8 Å². The van der Waals surface area contributed by atoms with Crippen LogP contribution in [0.2, 0.25) is 0 Å². The average Bonchev–Trinajstić information content (AvgIpc) is 2.91. The van der Waals surface area contributed by atoms with Crippen molar-refractivity contribution in [1.29, 1.82) is 0 Å². The number of carbonyl (C=O) groups excluding carboxylic acids is 1. The topological polar surface area (TPSA) is 60.2 Å². The molecular weight excluding hydrogens is 479 g/mol. The molecule has 0 spiro atoms. The summed E-state index contributed by atoms with van der Waals surface area (Å²) in [5.74, 6) is 0.355. The van der Waals surface area contributed by atoms with E-state index in [9.17, 15) is 9.18 Å². The number of benzene rings is 3. The molecule has 6 heteroatoms. The average molecular weight is 519 g/mol. The van der Waals surface area contributed by atoms with E-state index in [0.29, 0.717) is 29.3 Å². The molecule has 0 aromatic heterocycles. The summed E-state index contributed by atoms with van der Waals surface area (Å²) in [5.41, 5.74) is 2.27. The van der Waals surface area contributed by atoms with Crippen molar-refractivity contribution in [3.05, 3.63) is 83.7 Å². The van der Waals surface area contributed by atoms with Crippen molar-refractivity contribution in [3.63, 3.8) is 0 Å². The Hall–Kier alpha value is -3.54. The number of unbranched alkanes of at least 4 members (excludes halogenated alkanes) is 9. The van der Waals surface area contributed by atoms with Crippen LogP contribution in [0.5, 0.6) is 11.5 Å². The number of hydrogen-bond acceptors (Lipinski definition) is 5. The van der Waals surface area contributed by atoms with Crippen molar-refractivity contribution in [3.8, 4) is 11.5 Å². The molecule has 0 aliphatic heterocycles. The Labute approximate surface area is 226 Å². The van der Waals surface area contributed by atoms with Gasteiger partial charge in [-0.25, -0.2) is 9.18 Å². The quantitative estimate of drug-likeness (QED) is 0.0820. The first kappa shape index (κ1) is 29.0. The summed E-state index contributed by atoms with van der Waals surface area (Å²) in [6.07, 6.45) is 12.9. The number of hydrogen-bond donors (Lipinski definition) is 0. The zero-order valence-corrected chi connectivity index (χ0v) is 22.6. The minimum Gasteiger partial charge on any atom is -0.494 e. The van der Waals surface area contributed by atoms with E-state index in [-0.39, 0.29) is 5.82 Å². The molecular formula is C32H39FN2O3. The maximum absolute atomic E-state index is 13.3. The number of esters is 1. The van der Waals surface area contributed by atoms with Crippen molar-refractivity contribution in [2.45, 2.75) is 78.1 Å². The summed E-state index contributed by atoms with van der Waals surface area (Å²) < 4.78 is 24.7. The molecule has 0 aliphatic carbocycles. The Bertz CT molecular complexity index is 1160. The van der Waals surface area contributed by atoms with Crippen LogP contribution in [0.1, 0.15) is 87.1 Å². The Morgan fingerprint density at radius 3 is 2.08 bits per heavy atom. The van der Waals surface area contributed by atoms with Gasteiger partial charge in [0.25, 0.3) is 0 Å². The van der Waals surface area contributed by atoms with E-state index in [4.69, 9.17) is 9.47 Å². The predicted molar refractivity (Wildman–Crippen MR) is 150 cm³/mol. The molecule has 3 aromatic carbocycles. The van der Waals surface area contributed by atoms with E-state index in [1.54, 1.807) is 54.6 Å². The second-order valence-corrected chi connectivity index (χ2v) is 9.57. The highest BCUT2D eigenvalue weighted by Crippen LogP contribution is 2.27. The fraction of sp³-hybridized carbons (Fsp3) is 0.406. The molecule has 0 saturated heterocycles. The van der Waals surface area contributed by atoms with E-state index in [0.717, 1.165) is 17.7 Å². The lowest BCUT2D eigenvalue weighted by molar-refractivity contribution is 0.0734. The molecule has 38 heavy (non-hydrogen) atoms. The zero-order chi connectivity index (χ0) is 27.0. The van der Waals surface area contributed by atoms with Gasteiger partial charge in [-0.05, 0) is 73.5 Å². The lowest BCUT2D eigenvalue weighted by atomic mass is 10.1. The van der Waals surface area contributed by atoms with Crippen LogP contribution >= 0.6 is 0 Å². The van der Waals surface area contributed by atoms with E-state index in [2.05, 4.69) is 17.2 Å². The van der Waals surface area contributed by atoms with Crippen molar-refractivity contribution in [2.75, 3.05) is 6.61 Å². The number of ether oxygens (including phenoxy) is 2. The molecule has 0 aliphatic rings. The van der Waals surface area contributed by atoms with Gasteiger partial charge in [-0.3, -0.25) is 0 Å². The Kier molecular flexibility index (Phi) is 12.5. The first-order chi connectivity index (χ1) is 18.5. The Morgan fingerprint density at radius 1 is 0.763 bits per heavy atom. The number of carbonyl (C=O) groups is 1. The van der Waals surface area contributed by atoms with E-state index >= 15 is 0 Å². The number of rotatable bonds is 16. The predicted octanol–water partition coefficient (Wildman–Crippen LogP) is 10.1. The van der Waals surface area contributed by atoms with Crippen LogP contribution in [-0.4, -0.2) is 12.6 Å².